The van der Waals surface area contributed by atoms with Crippen molar-refractivity contribution in [2.75, 3.05) is 0 Å². The van der Waals surface area contributed by atoms with Gasteiger partial charge in [-0.15, -0.1) is 0 Å². The van der Waals surface area contributed by atoms with E-state index in [1.807, 2.05) is 12.1 Å². The van der Waals surface area contributed by atoms with Gasteiger partial charge in [-0.2, -0.15) is 0 Å². The predicted molar refractivity (Wildman–Crippen MR) is 178 cm³/mol. The molecule has 2 aromatic heterocycles. The molecule has 0 fully saturated rings. The van der Waals surface area contributed by atoms with Crippen molar-refractivity contribution in [1.29, 1.82) is 0 Å². The van der Waals surface area contributed by atoms with Gasteiger partial charge in [0.2, 0.25) is 0 Å². The van der Waals surface area contributed by atoms with E-state index in [0.717, 1.165) is 28.4 Å². The van der Waals surface area contributed by atoms with Gasteiger partial charge in [-0.25, -0.2) is 0 Å². The topological polar surface area (TPSA) is 19.1 Å². The number of fused-ring (bicyclic) bond motifs is 10. The summed E-state index contributed by atoms with van der Waals surface area (Å²) in [7, 11) is 0. The maximum atomic E-state index is 6.36. The van der Waals surface area contributed by atoms with E-state index in [4.69, 9.17) is 4.74 Å². The summed E-state index contributed by atoms with van der Waals surface area (Å²) in [6, 6.07) is 52.3. The number of nitrogens with zero attached hydrogens (tertiary/aromatic N) is 2. The van der Waals surface area contributed by atoms with Crippen molar-refractivity contribution in [2.45, 2.75) is 0 Å². The van der Waals surface area contributed by atoms with Gasteiger partial charge in [0, 0.05) is 27.2 Å². The van der Waals surface area contributed by atoms with E-state index in [-0.39, 0.29) is 0 Å². The SMILES string of the molecule is c1ccc2c(c1)Oc1cccc3c4c(-c5ccc(-n6c7ccccc7c7c8ccccc8ccc76)cc5)cccc4n-2c13. The maximum absolute atomic E-state index is 6.36. The van der Waals surface area contributed by atoms with Crippen molar-refractivity contribution in [3.8, 4) is 34.0 Å². The number of aromatic nitrogens is 2. The second kappa shape index (κ2) is 8.37. The molecular weight excluding hydrogens is 524 g/mol. The Balaban J connectivity index is 1.20. The number of benzene rings is 7. The van der Waals surface area contributed by atoms with Crippen LogP contribution in [0.15, 0.2) is 146 Å². The lowest BCUT2D eigenvalue weighted by molar-refractivity contribution is 0.476. The molecule has 10 rings (SSSR count). The summed E-state index contributed by atoms with van der Waals surface area (Å²) >= 11 is 0. The lowest BCUT2D eigenvalue weighted by Crippen LogP contribution is -2.03. The van der Waals surface area contributed by atoms with E-state index < -0.39 is 0 Å². The fraction of sp³-hybridized carbons (Fsp3) is 0. The highest BCUT2D eigenvalue weighted by molar-refractivity contribution is 6.21. The Morgan fingerprint density at radius 1 is 0.419 bits per heavy atom. The van der Waals surface area contributed by atoms with Crippen LogP contribution in [0.5, 0.6) is 11.5 Å². The first-order chi connectivity index (χ1) is 21.3. The monoisotopic (exact) mass is 548 g/mol. The summed E-state index contributed by atoms with van der Waals surface area (Å²) in [5.41, 5.74) is 9.40. The van der Waals surface area contributed by atoms with Crippen molar-refractivity contribution >= 4 is 54.4 Å². The van der Waals surface area contributed by atoms with Crippen molar-refractivity contribution in [1.82, 2.24) is 9.13 Å². The molecule has 0 bridgehead atoms. The molecule has 7 aromatic carbocycles. The van der Waals surface area contributed by atoms with Gasteiger partial charge in [-0.1, -0.05) is 97.1 Å². The molecule has 0 amide bonds. The van der Waals surface area contributed by atoms with Crippen molar-refractivity contribution < 1.29 is 4.74 Å². The highest BCUT2D eigenvalue weighted by atomic mass is 16.5. The number of ether oxygens (including phenoxy) is 1. The van der Waals surface area contributed by atoms with Gasteiger partial charge < -0.3 is 13.9 Å². The molecule has 0 saturated heterocycles. The normalized spacial score (nSPS) is 12.4. The van der Waals surface area contributed by atoms with E-state index in [0.29, 0.717) is 0 Å². The maximum Gasteiger partial charge on any atom is 0.152 e. The molecule has 0 aliphatic carbocycles. The molecule has 1 aliphatic rings. The Labute approximate surface area is 247 Å². The van der Waals surface area contributed by atoms with E-state index in [1.54, 1.807) is 0 Å². The van der Waals surface area contributed by atoms with Crippen LogP contribution < -0.4 is 4.74 Å². The van der Waals surface area contributed by atoms with Crippen molar-refractivity contribution in [3.05, 3.63) is 146 Å². The standard InChI is InChI=1S/C40H24N2O/c1-2-10-28-25(9-1)21-24-35-38(28)30-11-3-4-14-32(30)41(35)27-22-19-26(20-23-27)29-12-7-16-34-39(29)31-13-8-18-37-40(31)42(34)33-15-5-6-17-36(33)43-37/h1-24H. The average molecular weight is 549 g/mol. The first-order valence-electron chi connectivity index (χ1n) is 14.7. The second-order valence-electron chi connectivity index (χ2n) is 11.3. The summed E-state index contributed by atoms with van der Waals surface area (Å²) < 4.78 is 11.1. The highest BCUT2D eigenvalue weighted by Crippen LogP contribution is 2.47. The first-order valence-corrected chi connectivity index (χ1v) is 14.7. The zero-order valence-electron chi connectivity index (χ0n) is 23.2. The van der Waals surface area contributed by atoms with Crippen molar-refractivity contribution in [3.63, 3.8) is 0 Å². The summed E-state index contributed by atoms with van der Waals surface area (Å²) in [4.78, 5) is 0. The van der Waals surface area contributed by atoms with Gasteiger partial charge in [0.05, 0.1) is 27.8 Å². The van der Waals surface area contributed by atoms with Crippen LogP contribution in [0.1, 0.15) is 0 Å². The molecule has 1 aliphatic heterocycles. The molecule has 0 spiro atoms. The predicted octanol–water partition coefficient (Wildman–Crippen LogP) is 10.8. The fourth-order valence-electron chi connectivity index (χ4n) is 7.31. The molecule has 0 radical (unpaired) electrons. The van der Waals surface area contributed by atoms with Gasteiger partial charge in [0.25, 0.3) is 0 Å². The van der Waals surface area contributed by atoms with E-state index in [2.05, 4.69) is 143 Å². The quantitative estimate of drug-likeness (QED) is 0.210. The smallest absolute Gasteiger partial charge is 0.152 e. The van der Waals surface area contributed by atoms with Crippen LogP contribution in [0.25, 0.3) is 76.9 Å². The third-order valence-corrected chi connectivity index (χ3v) is 9.10. The van der Waals surface area contributed by atoms with Crippen LogP contribution in [0.3, 0.4) is 0 Å². The molecule has 3 heteroatoms. The lowest BCUT2D eigenvalue weighted by Gasteiger charge is -2.20. The van der Waals surface area contributed by atoms with Crippen LogP contribution in [-0.2, 0) is 0 Å². The Morgan fingerprint density at radius 3 is 2.05 bits per heavy atom. The van der Waals surface area contributed by atoms with Gasteiger partial charge in [0.15, 0.2) is 11.5 Å². The Morgan fingerprint density at radius 2 is 1.12 bits per heavy atom. The molecule has 0 saturated carbocycles. The van der Waals surface area contributed by atoms with Crippen LogP contribution in [0.2, 0.25) is 0 Å². The number of hydrogen-bond acceptors (Lipinski definition) is 1. The first kappa shape index (κ1) is 22.8. The molecule has 3 heterocycles. The lowest BCUT2D eigenvalue weighted by atomic mass is 9.99. The molecule has 0 N–H and O–H groups in total. The molecule has 0 atom stereocenters. The Bertz CT molecular complexity index is 2580. The van der Waals surface area contributed by atoms with Crippen LogP contribution in [0, 0.1) is 0 Å². The van der Waals surface area contributed by atoms with Crippen LogP contribution >= 0.6 is 0 Å². The van der Waals surface area contributed by atoms with Gasteiger partial charge in [0.1, 0.15) is 0 Å². The van der Waals surface area contributed by atoms with Gasteiger partial charge >= 0.3 is 0 Å². The highest BCUT2D eigenvalue weighted by Gasteiger charge is 2.24. The Hall–Kier alpha value is -5.80. The molecule has 0 unspecified atom stereocenters. The minimum Gasteiger partial charge on any atom is -0.453 e. The molecule has 9 aromatic rings. The summed E-state index contributed by atoms with van der Waals surface area (Å²) in [6.45, 7) is 0. The summed E-state index contributed by atoms with van der Waals surface area (Å²) in [6.07, 6.45) is 0. The second-order valence-corrected chi connectivity index (χ2v) is 11.3. The zero-order chi connectivity index (χ0) is 28.1. The van der Waals surface area contributed by atoms with E-state index in [9.17, 15) is 0 Å². The molecule has 200 valence electrons. The summed E-state index contributed by atoms with van der Waals surface area (Å²) in [5.74, 6) is 1.78. The Kier molecular flexibility index (Phi) is 4.45. The minimum atomic E-state index is 0.883. The van der Waals surface area contributed by atoms with E-state index >= 15 is 0 Å². The number of hydrogen-bond donors (Lipinski definition) is 0. The number of rotatable bonds is 2. The molecular formula is C40H24N2O. The zero-order valence-corrected chi connectivity index (χ0v) is 23.2. The number of para-hydroxylation sites is 4. The van der Waals surface area contributed by atoms with Crippen LogP contribution in [0.4, 0.5) is 0 Å². The van der Waals surface area contributed by atoms with E-state index in [1.165, 1.54) is 60.0 Å². The van der Waals surface area contributed by atoms with Gasteiger partial charge in [-0.3, -0.25) is 0 Å². The van der Waals surface area contributed by atoms with Crippen LogP contribution in [-0.4, -0.2) is 9.13 Å². The average Bonchev–Trinajstić information content (AvgIpc) is 3.60. The van der Waals surface area contributed by atoms with Crippen molar-refractivity contribution in [2.24, 2.45) is 0 Å². The fourth-order valence-corrected chi connectivity index (χ4v) is 7.31. The van der Waals surface area contributed by atoms with Gasteiger partial charge in [-0.05, 0) is 70.4 Å². The molecule has 3 nitrogen and oxygen atoms in total. The molecule has 43 heavy (non-hydrogen) atoms. The third-order valence-electron chi connectivity index (χ3n) is 9.10. The summed E-state index contributed by atoms with van der Waals surface area (Å²) in [5, 5.41) is 7.59. The largest absolute Gasteiger partial charge is 0.453 e. The minimum absolute atomic E-state index is 0.883. The third kappa shape index (κ3) is 3.03.